The third-order valence-electron chi connectivity index (χ3n) is 5.12. The van der Waals surface area contributed by atoms with Crippen molar-refractivity contribution >= 4 is 5.82 Å². The second-order valence-electron chi connectivity index (χ2n) is 6.58. The van der Waals surface area contributed by atoms with E-state index in [1.54, 1.807) is 6.07 Å². The summed E-state index contributed by atoms with van der Waals surface area (Å²) in [5.41, 5.74) is 3.37. The Kier molecular flexibility index (Phi) is 3.84. The smallest absolute Gasteiger partial charge is 0.155 e. The van der Waals surface area contributed by atoms with Gasteiger partial charge in [-0.05, 0) is 50.4 Å². The fourth-order valence-electron chi connectivity index (χ4n) is 3.83. The third-order valence-corrected chi connectivity index (χ3v) is 5.12. The molecule has 0 amide bonds. The number of hydrogen-bond acceptors (Lipinski definition) is 5. The maximum atomic E-state index is 13.2. The number of nitrogens with zero attached hydrogens (tertiary/aromatic N) is 3. The average Bonchev–Trinajstić information content (AvgIpc) is 3.02. The lowest BCUT2D eigenvalue weighted by atomic mass is 10.0. The number of halogens is 1. The van der Waals surface area contributed by atoms with Crippen LogP contribution in [-0.4, -0.2) is 41.0 Å². The van der Waals surface area contributed by atoms with Gasteiger partial charge in [0.2, 0.25) is 0 Å². The van der Waals surface area contributed by atoms with Crippen molar-refractivity contribution in [3.8, 4) is 17.0 Å². The molecule has 0 aliphatic carbocycles. The first-order valence-electron chi connectivity index (χ1n) is 8.47. The van der Waals surface area contributed by atoms with Crippen molar-refractivity contribution in [3.05, 3.63) is 35.1 Å². The zero-order chi connectivity index (χ0) is 16.7. The Morgan fingerprint density at radius 2 is 2.21 bits per heavy atom. The van der Waals surface area contributed by atoms with Crippen LogP contribution in [0.5, 0.6) is 5.75 Å². The van der Waals surface area contributed by atoms with Gasteiger partial charge < -0.3 is 15.3 Å². The van der Waals surface area contributed by atoms with Crippen LogP contribution in [0.3, 0.4) is 0 Å². The van der Waals surface area contributed by atoms with Gasteiger partial charge in [-0.15, -0.1) is 10.2 Å². The average molecular weight is 328 g/mol. The molecule has 1 atom stereocenters. The summed E-state index contributed by atoms with van der Waals surface area (Å²) in [6.07, 6.45) is 3.29. The fourth-order valence-corrected chi connectivity index (χ4v) is 3.83. The first-order chi connectivity index (χ1) is 11.6. The van der Waals surface area contributed by atoms with E-state index in [0.717, 1.165) is 43.5 Å². The number of anilines is 1. The monoisotopic (exact) mass is 328 g/mol. The van der Waals surface area contributed by atoms with Gasteiger partial charge in [0.25, 0.3) is 0 Å². The van der Waals surface area contributed by atoms with Crippen LogP contribution in [0.1, 0.15) is 24.0 Å². The molecule has 1 aromatic heterocycles. The summed E-state index contributed by atoms with van der Waals surface area (Å²) in [5, 5.41) is 22.3. The number of piperidine rings is 1. The Balaban J connectivity index is 1.71. The molecular formula is C18H21FN4O. The van der Waals surface area contributed by atoms with Crippen LogP contribution in [0.4, 0.5) is 10.2 Å². The predicted molar refractivity (Wildman–Crippen MR) is 90.8 cm³/mol. The quantitative estimate of drug-likeness (QED) is 0.886. The van der Waals surface area contributed by atoms with Crippen LogP contribution >= 0.6 is 0 Å². The zero-order valence-corrected chi connectivity index (χ0v) is 13.7. The molecule has 6 heteroatoms. The standard InChI is InChI=1S/C18H21FN4O/c1-11-14-6-8-23(13-3-2-7-20-10-13)18(14)22-21-17(11)15-5-4-12(19)9-16(15)24/h4-5,9,13,20,24H,2-3,6-8,10H2,1H3. The van der Waals surface area contributed by atoms with E-state index in [1.165, 1.54) is 24.5 Å². The van der Waals surface area contributed by atoms with Crippen LogP contribution in [-0.2, 0) is 6.42 Å². The zero-order valence-electron chi connectivity index (χ0n) is 13.7. The van der Waals surface area contributed by atoms with Crippen LogP contribution < -0.4 is 10.2 Å². The highest BCUT2D eigenvalue weighted by Crippen LogP contribution is 2.37. The minimum absolute atomic E-state index is 0.0984. The lowest BCUT2D eigenvalue weighted by Crippen LogP contribution is -2.45. The maximum Gasteiger partial charge on any atom is 0.155 e. The van der Waals surface area contributed by atoms with Gasteiger partial charge in [-0.2, -0.15) is 0 Å². The maximum absolute atomic E-state index is 13.2. The number of aromatic hydroxyl groups is 1. The molecular weight excluding hydrogens is 307 g/mol. The summed E-state index contributed by atoms with van der Waals surface area (Å²) in [7, 11) is 0. The molecule has 2 N–H and O–H groups in total. The molecule has 1 saturated heterocycles. The molecule has 0 saturated carbocycles. The topological polar surface area (TPSA) is 61.3 Å². The van der Waals surface area contributed by atoms with Crippen LogP contribution in [0, 0.1) is 12.7 Å². The van der Waals surface area contributed by atoms with E-state index < -0.39 is 5.82 Å². The van der Waals surface area contributed by atoms with Crippen molar-refractivity contribution in [2.75, 3.05) is 24.5 Å². The fraction of sp³-hybridized carbons (Fsp3) is 0.444. The molecule has 3 heterocycles. The van der Waals surface area contributed by atoms with Gasteiger partial charge in [0.1, 0.15) is 11.6 Å². The second kappa shape index (κ2) is 6.02. The van der Waals surface area contributed by atoms with Crippen LogP contribution in [0.15, 0.2) is 18.2 Å². The van der Waals surface area contributed by atoms with E-state index >= 15 is 0 Å². The van der Waals surface area contributed by atoms with Crippen molar-refractivity contribution in [3.63, 3.8) is 0 Å². The highest BCUT2D eigenvalue weighted by molar-refractivity contribution is 5.73. The van der Waals surface area contributed by atoms with Crippen molar-refractivity contribution < 1.29 is 9.50 Å². The van der Waals surface area contributed by atoms with Gasteiger partial charge in [0, 0.05) is 36.3 Å². The number of phenols is 1. The van der Waals surface area contributed by atoms with Gasteiger partial charge in [-0.3, -0.25) is 0 Å². The van der Waals surface area contributed by atoms with E-state index in [9.17, 15) is 9.50 Å². The summed E-state index contributed by atoms with van der Waals surface area (Å²) in [5.74, 6) is 0.407. The third kappa shape index (κ3) is 2.51. The minimum Gasteiger partial charge on any atom is -0.507 e. The Bertz CT molecular complexity index is 774. The lowest BCUT2D eigenvalue weighted by Gasteiger charge is -2.32. The van der Waals surface area contributed by atoms with Crippen LogP contribution in [0.2, 0.25) is 0 Å². The Morgan fingerprint density at radius 1 is 1.33 bits per heavy atom. The number of rotatable bonds is 2. The largest absolute Gasteiger partial charge is 0.507 e. The highest BCUT2D eigenvalue weighted by atomic mass is 19.1. The summed E-state index contributed by atoms with van der Waals surface area (Å²) in [6.45, 7) is 5.04. The molecule has 0 spiro atoms. The number of hydrogen-bond donors (Lipinski definition) is 2. The summed E-state index contributed by atoms with van der Waals surface area (Å²) < 4.78 is 13.2. The number of aromatic nitrogens is 2. The predicted octanol–water partition coefficient (Wildman–Crippen LogP) is 2.41. The van der Waals surface area contributed by atoms with E-state index in [0.29, 0.717) is 17.3 Å². The Labute approximate surface area is 140 Å². The molecule has 2 aromatic rings. The van der Waals surface area contributed by atoms with Crippen LogP contribution in [0.25, 0.3) is 11.3 Å². The van der Waals surface area contributed by atoms with E-state index in [-0.39, 0.29) is 5.75 Å². The first kappa shape index (κ1) is 15.3. The molecule has 126 valence electrons. The molecule has 0 bridgehead atoms. The second-order valence-corrected chi connectivity index (χ2v) is 6.58. The lowest BCUT2D eigenvalue weighted by molar-refractivity contribution is 0.435. The van der Waals surface area contributed by atoms with Gasteiger partial charge in [-0.25, -0.2) is 4.39 Å². The molecule has 24 heavy (non-hydrogen) atoms. The van der Waals surface area contributed by atoms with Gasteiger partial charge in [0.15, 0.2) is 5.82 Å². The van der Waals surface area contributed by atoms with Gasteiger partial charge in [0.05, 0.1) is 5.69 Å². The highest BCUT2D eigenvalue weighted by Gasteiger charge is 2.31. The number of benzene rings is 1. The summed E-state index contributed by atoms with van der Waals surface area (Å²) in [6, 6.07) is 4.48. The number of fused-ring (bicyclic) bond motifs is 1. The molecule has 4 rings (SSSR count). The van der Waals surface area contributed by atoms with Crippen molar-refractivity contribution in [2.45, 2.75) is 32.2 Å². The Morgan fingerprint density at radius 3 is 2.96 bits per heavy atom. The summed E-state index contributed by atoms with van der Waals surface area (Å²) >= 11 is 0. The molecule has 2 aliphatic heterocycles. The summed E-state index contributed by atoms with van der Waals surface area (Å²) in [4.78, 5) is 2.36. The van der Waals surface area contributed by atoms with Gasteiger partial charge in [-0.1, -0.05) is 0 Å². The van der Waals surface area contributed by atoms with Gasteiger partial charge >= 0.3 is 0 Å². The Hall–Kier alpha value is -2.21. The molecule has 1 aromatic carbocycles. The van der Waals surface area contributed by atoms with E-state index in [1.807, 2.05) is 6.92 Å². The first-order valence-corrected chi connectivity index (χ1v) is 8.47. The van der Waals surface area contributed by atoms with Crippen molar-refractivity contribution in [2.24, 2.45) is 0 Å². The van der Waals surface area contributed by atoms with Crippen molar-refractivity contribution in [1.29, 1.82) is 0 Å². The molecule has 1 unspecified atom stereocenters. The molecule has 1 fully saturated rings. The molecule has 0 radical (unpaired) electrons. The minimum atomic E-state index is -0.459. The molecule has 2 aliphatic rings. The van der Waals surface area contributed by atoms with Crippen molar-refractivity contribution in [1.82, 2.24) is 15.5 Å². The number of nitrogens with one attached hydrogen (secondary N) is 1. The van der Waals surface area contributed by atoms with E-state index in [4.69, 9.17) is 0 Å². The molecule has 5 nitrogen and oxygen atoms in total. The van der Waals surface area contributed by atoms with E-state index in [2.05, 4.69) is 20.4 Å². The SMILES string of the molecule is Cc1c(-c2ccc(F)cc2O)nnc2c1CCN2C1CCCNC1. The number of phenolic OH excluding ortho intramolecular Hbond substituents is 1. The normalized spacial score (nSPS) is 20.2.